The summed E-state index contributed by atoms with van der Waals surface area (Å²) in [5.41, 5.74) is 0.339. The molecular weight excluding hydrogens is 407 g/mol. The van der Waals surface area contributed by atoms with Crippen molar-refractivity contribution in [3.63, 3.8) is 0 Å². The van der Waals surface area contributed by atoms with Gasteiger partial charge in [0.25, 0.3) is 0 Å². The van der Waals surface area contributed by atoms with Gasteiger partial charge in [0.15, 0.2) is 5.78 Å². The molecule has 1 N–H and O–H groups in total. The molecular formula is C22H27FN2O2S2. The minimum atomic E-state index is -0.464. The van der Waals surface area contributed by atoms with Gasteiger partial charge >= 0.3 is 0 Å². The molecule has 0 saturated carbocycles. The van der Waals surface area contributed by atoms with Gasteiger partial charge in [-0.25, -0.2) is 4.39 Å². The molecule has 1 aromatic carbocycles. The van der Waals surface area contributed by atoms with Gasteiger partial charge in [-0.05, 0) is 62.4 Å². The first-order valence-corrected chi connectivity index (χ1v) is 11.8. The molecule has 1 fully saturated rings. The molecule has 1 aliphatic heterocycles. The van der Waals surface area contributed by atoms with E-state index in [1.54, 1.807) is 23.5 Å². The Morgan fingerprint density at radius 3 is 2.69 bits per heavy atom. The van der Waals surface area contributed by atoms with Gasteiger partial charge in [0.05, 0.1) is 11.8 Å². The molecule has 156 valence electrons. The second-order valence-electron chi connectivity index (χ2n) is 7.54. The van der Waals surface area contributed by atoms with E-state index in [-0.39, 0.29) is 23.5 Å². The normalized spacial score (nSPS) is 16.5. The minimum absolute atomic E-state index is 0.114. The van der Waals surface area contributed by atoms with Crippen LogP contribution in [0.15, 0.2) is 40.6 Å². The van der Waals surface area contributed by atoms with E-state index in [0.29, 0.717) is 17.0 Å². The lowest BCUT2D eigenvalue weighted by molar-refractivity contribution is -0.118. The maximum Gasteiger partial charge on any atom is 0.230 e. The molecule has 4 nitrogen and oxygen atoms in total. The average Bonchev–Trinajstić information content (AvgIpc) is 3.23. The number of piperidine rings is 1. The summed E-state index contributed by atoms with van der Waals surface area (Å²) in [6.45, 7) is 6.34. The van der Waals surface area contributed by atoms with Crippen LogP contribution in [0.2, 0.25) is 0 Å². The van der Waals surface area contributed by atoms with E-state index in [1.807, 2.05) is 6.07 Å². The maximum atomic E-state index is 14.1. The molecule has 1 aromatic heterocycles. The molecule has 0 spiro atoms. The molecule has 1 atom stereocenters. The molecule has 1 unspecified atom stereocenters. The number of hydrogen-bond donors (Lipinski definition) is 1. The number of thioether (sulfide) groups is 1. The first-order valence-electron chi connectivity index (χ1n) is 9.91. The number of likely N-dealkylation sites (tertiary alicyclic amines) is 1. The number of rotatable bonds is 8. The van der Waals surface area contributed by atoms with Crippen LogP contribution in [0.1, 0.15) is 48.0 Å². The van der Waals surface area contributed by atoms with Crippen molar-refractivity contribution in [1.29, 1.82) is 0 Å². The van der Waals surface area contributed by atoms with Crippen molar-refractivity contribution in [2.45, 2.75) is 37.6 Å². The highest BCUT2D eigenvalue weighted by Gasteiger charge is 2.25. The van der Waals surface area contributed by atoms with Crippen LogP contribution >= 0.6 is 23.1 Å². The fourth-order valence-electron chi connectivity index (χ4n) is 3.47. The molecule has 2 heterocycles. The van der Waals surface area contributed by atoms with Gasteiger partial charge in [0.2, 0.25) is 5.91 Å². The van der Waals surface area contributed by atoms with E-state index in [1.165, 1.54) is 30.7 Å². The highest BCUT2D eigenvalue weighted by Crippen LogP contribution is 2.29. The van der Waals surface area contributed by atoms with Crippen LogP contribution in [-0.2, 0) is 4.79 Å². The zero-order valence-corrected chi connectivity index (χ0v) is 18.5. The van der Waals surface area contributed by atoms with Crippen LogP contribution in [0.3, 0.4) is 0 Å². The van der Waals surface area contributed by atoms with Crippen LogP contribution in [0.25, 0.3) is 0 Å². The first-order chi connectivity index (χ1) is 13.9. The minimum Gasteiger partial charge on any atom is -0.353 e. The van der Waals surface area contributed by atoms with Gasteiger partial charge in [0, 0.05) is 21.9 Å². The Labute approximate surface area is 179 Å². The number of carbonyl (C=O) groups excluding carboxylic acids is 2. The standard InChI is InChI=1S/C22H27FN2O2S2/c1-15-7-9-25(10-8-15)19(21-4-3-11-28-21)13-24-22(27)14-29-20-6-5-17(16(2)26)12-18(20)23/h3-6,11-12,15,19H,7-10,13-14H2,1-2H3,(H,24,27). The van der Waals surface area contributed by atoms with E-state index in [2.05, 4.69) is 28.6 Å². The van der Waals surface area contributed by atoms with E-state index >= 15 is 0 Å². The summed E-state index contributed by atoms with van der Waals surface area (Å²) in [5, 5.41) is 5.10. The van der Waals surface area contributed by atoms with Crippen molar-refractivity contribution in [2.24, 2.45) is 5.92 Å². The molecule has 29 heavy (non-hydrogen) atoms. The van der Waals surface area contributed by atoms with Crippen LogP contribution in [0, 0.1) is 11.7 Å². The number of hydrogen-bond acceptors (Lipinski definition) is 5. The lowest BCUT2D eigenvalue weighted by Gasteiger charge is -2.36. The number of carbonyl (C=O) groups is 2. The van der Waals surface area contributed by atoms with Gasteiger partial charge in [-0.1, -0.05) is 19.1 Å². The highest BCUT2D eigenvalue weighted by molar-refractivity contribution is 8.00. The largest absolute Gasteiger partial charge is 0.353 e. The van der Waals surface area contributed by atoms with Crippen LogP contribution in [-0.4, -0.2) is 42.0 Å². The fourth-order valence-corrected chi connectivity index (χ4v) is 5.08. The Hall–Kier alpha value is -1.70. The number of thiophene rings is 1. The SMILES string of the molecule is CC(=O)c1ccc(SCC(=O)NCC(c2cccs2)N2CCC(C)CC2)c(F)c1. The number of benzene rings is 1. The molecule has 3 rings (SSSR count). The molecule has 1 aliphatic rings. The first kappa shape index (κ1) is 22.0. The Bertz CT molecular complexity index is 833. The third-order valence-electron chi connectivity index (χ3n) is 5.32. The summed E-state index contributed by atoms with van der Waals surface area (Å²) in [6.07, 6.45) is 2.36. The molecule has 1 amide bonds. The summed E-state index contributed by atoms with van der Waals surface area (Å²) in [7, 11) is 0. The third-order valence-corrected chi connectivity index (χ3v) is 7.34. The third kappa shape index (κ3) is 6.14. The number of nitrogens with zero attached hydrogens (tertiary/aromatic N) is 1. The number of ketones is 1. The van der Waals surface area contributed by atoms with Gasteiger partial charge < -0.3 is 5.32 Å². The number of Topliss-reactive ketones (excluding diaryl/α,β-unsaturated/α-hetero) is 1. The molecule has 1 saturated heterocycles. The molecule has 0 radical (unpaired) electrons. The zero-order chi connectivity index (χ0) is 20.8. The summed E-state index contributed by atoms with van der Waals surface area (Å²) >= 11 is 2.87. The predicted molar refractivity (Wildman–Crippen MR) is 117 cm³/mol. The Kier molecular flexibility index (Phi) is 7.86. The lowest BCUT2D eigenvalue weighted by atomic mass is 9.97. The summed E-state index contributed by atoms with van der Waals surface area (Å²) in [4.78, 5) is 27.8. The van der Waals surface area contributed by atoms with Crippen molar-refractivity contribution in [3.8, 4) is 0 Å². The fraction of sp³-hybridized carbons (Fsp3) is 0.455. The number of halogens is 1. The quantitative estimate of drug-likeness (QED) is 0.480. The van der Waals surface area contributed by atoms with Gasteiger partial charge in [-0.3, -0.25) is 14.5 Å². The van der Waals surface area contributed by atoms with E-state index in [9.17, 15) is 14.0 Å². The summed E-state index contributed by atoms with van der Waals surface area (Å²) in [5.74, 6) is 0.145. The smallest absolute Gasteiger partial charge is 0.230 e. The van der Waals surface area contributed by atoms with Crippen molar-refractivity contribution in [1.82, 2.24) is 10.2 Å². The zero-order valence-electron chi connectivity index (χ0n) is 16.8. The van der Waals surface area contributed by atoms with Gasteiger partial charge in [0.1, 0.15) is 5.82 Å². The Balaban J connectivity index is 1.54. The van der Waals surface area contributed by atoms with Crippen molar-refractivity contribution in [3.05, 3.63) is 52.0 Å². The van der Waals surface area contributed by atoms with Crippen molar-refractivity contribution >= 4 is 34.8 Å². The van der Waals surface area contributed by atoms with Gasteiger partial charge in [-0.15, -0.1) is 23.1 Å². The Morgan fingerprint density at radius 2 is 2.07 bits per heavy atom. The monoisotopic (exact) mass is 434 g/mol. The van der Waals surface area contributed by atoms with Gasteiger partial charge in [-0.2, -0.15) is 0 Å². The summed E-state index contributed by atoms with van der Waals surface area (Å²) in [6, 6.07) is 8.74. The van der Waals surface area contributed by atoms with E-state index in [4.69, 9.17) is 0 Å². The molecule has 0 bridgehead atoms. The number of amides is 1. The van der Waals surface area contributed by atoms with Crippen LogP contribution in [0.5, 0.6) is 0 Å². The van der Waals surface area contributed by atoms with Crippen LogP contribution in [0.4, 0.5) is 4.39 Å². The molecule has 7 heteroatoms. The highest BCUT2D eigenvalue weighted by atomic mass is 32.2. The molecule has 2 aromatic rings. The number of nitrogens with one attached hydrogen (secondary N) is 1. The Morgan fingerprint density at radius 1 is 1.31 bits per heavy atom. The van der Waals surface area contributed by atoms with Crippen LogP contribution < -0.4 is 5.32 Å². The second kappa shape index (κ2) is 10.4. The predicted octanol–water partition coefficient (Wildman–Crippen LogP) is 4.77. The van der Waals surface area contributed by atoms with Crippen molar-refractivity contribution in [2.75, 3.05) is 25.4 Å². The van der Waals surface area contributed by atoms with E-state index < -0.39 is 5.82 Å². The topological polar surface area (TPSA) is 49.4 Å². The van der Waals surface area contributed by atoms with E-state index in [0.717, 1.165) is 30.8 Å². The second-order valence-corrected chi connectivity index (χ2v) is 9.54. The molecule has 0 aliphatic carbocycles. The average molecular weight is 435 g/mol. The summed E-state index contributed by atoms with van der Waals surface area (Å²) < 4.78 is 14.1. The lowest BCUT2D eigenvalue weighted by Crippen LogP contribution is -2.42. The maximum absolute atomic E-state index is 14.1. The van der Waals surface area contributed by atoms with Crippen molar-refractivity contribution < 1.29 is 14.0 Å².